The molecule has 22 nitrogen and oxygen atoms in total. The Labute approximate surface area is 380 Å². The number of carbonyl (C=O) groups is 6. The average molecular weight is 926 g/mol. The normalized spacial score (nSPS) is 17.4. The first kappa shape index (κ1) is 46.1. The van der Waals surface area contributed by atoms with Gasteiger partial charge in [-0.25, -0.2) is 14.6 Å². The van der Waals surface area contributed by atoms with Gasteiger partial charge in [-0.2, -0.15) is 0 Å². The predicted molar refractivity (Wildman–Crippen MR) is 233 cm³/mol. The van der Waals surface area contributed by atoms with E-state index in [4.69, 9.17) is 34.4 Å². The molecule has 8 N–H and O–H groups in total. The molecular weight excluding hydrogens is 879 g/mol. The maximum absolute atomic E-state index is 14.0. The van der Waals surface area contributed by atoms with Crippen LogP contribution in [0.3, 0.4) is 0 Å². The number of pyridine rings is 2. The van der Waals surface area contributed by atoms with Gasteiger partial charge < -0.3 is 59.9 Å². The number of hydrogen-bond acceptors (Lipinski definition) is 17. The maximum atomic E-state index is 14.0. The molecular formula is C45H47N7O15. The number of cyclic esters (lactones) is 1. The number of fused-ring (bicyclic) bond motifs is 6. The van der Waals surface area contributed by atoms with Crippen molar-refractivity contribution in [2.75, 3.05) is 37.1 Å². The molecule has 0 saturated heterocycles. The molecule has 4 aromatic rings. The molecule has 0 spiro atoms. The zero-order valence-corrected chi connectivity index (χ0v) is 36.3. The molecule has 2 aromatic heterocycles. The lowest BCUT2D eigenvalue weighted by Crippen LogP contribution is -2.53. The summed E-state index contributed by atoms with van der Waals surface area (Å²) < 4.78 is 29.4. The fraction of sp³-hybridized carbons (Fsp3) is 0.378. The number of nitrogens with zero attached hydrogens (tertiary/aromatic N) is 3. The van der Waals surface area contributed by atoms with Gasteiger partial charge in [0.1, 0.15) is 37.3 Å². The van der Waals surface area contributed by atoms with Crippen LogP contribution < -0.4 is 41.5 Å². The standard InChI is InChI=1S/C45H47N7O15/c1-3-5-6-23-24-17-51-29(14-26-25(42(51)59)20-63-43(60)45(26,62)4-2)38(24)49-28-15-32-40(66-21-65-32)39(37(23)28)50-44(61)64-19-22-7-8-31(67-36(57)18-53)27(13-22)48-33(54)11-12-47-41(58)30(16-46)52-34(55)9-10-35(52)56/h7-10,13-15,30,36,53,57,62H,3-6,11-12,16-21,46H2,1-2H3,(H,47,58)(H,48,54)(H,50,61)/t30-,36-,45-/m0/s1. The molecule has 6 heterocycles. The number of imide groups is 1. The van der Waals surface area contributed by atoms with Gasteiger partial charge in [0.25, 0.3) is 17.4 Å². The molecule has 4 aliphatic heterocycles. The van der Waals surface area contributed by atoms with Crippen molar-refractivity contribution in [3.05, 3.63) is 80.7 Å². The number of unbranched alkanes of at least 4 members (excludes halogenated alkanes) is 1. The number of aromatic nitrogens is 2. The highest BCUT2D eigenvalue weighted by Crippen LogP contribution is 2.49. The molecule has 0 aliphatic carbocycles. The van der Waals surface area contributed by atoms with Crippen molar-refractivity contribution in [3.63, 3.8) is 0 Å². The Morgan fingerprint density at radius 1 is 1.01 bits per heavy atom. The van der Waals surface area contributed by atoms with E-state index in [2.05, 4.69) is 16.0 Å². The summed E-state index contributed by atoms with van der Waals surface area (Å²) in [5.41, 5.74) is 6.95. The summed E-state index contributed by atoms with van der Waals surface area (Å²) in [6, 6.07) is 6.30. The van der Waals surface area contributed by atoms with Gasteiger partial charge >= 0.3 is 12.1 Å². The lowest BCUT2D eigenvalue weighted by molar-refractivity contribution is -0.172. The van der Waals surface area contributed by atoms with Gasteiger partial charge in [-0.05, 0) is 48.6 Å². The van der Waals surface area contributed by atoms with E-state index in [0.29, 0.717) is 39.8 Å². The zero-order chi connectivity index (χ0) is 47.7. The number of esters is 1. The smallest absolute Gasteiger partial charge is 0.412 e. The topological polar surface area (TPSA) is 310 Å². The highest BCUT2D eigenvalue weighted by atomic mass is 16.7. The molecule has 2 aromatic carbocycles. The van der Waals surface area contributed by atoms with Crippen LogP contribution in [0.5, 0.6) is 17.2 Å². The number of aryl methyl sites for hydroxylation is 1. The number of anilines is 2. The van der Waals surface area contributed by atoms with Gasteiger partial charge in [-0.3, -0.25) is 34.2 Å². The van der Waals surface area contributed by atoms with Crippen LogP contribution in [0.2, 0.25) is 0 Å². The van der Waals surface area contributed by atoms with Crippen LogP contribution in [-0.4, -0.2) is 104 Å². The number of nitrogens with one attached hydrogen (secondary N) is 3. The van der Waals surface area contributed by atoms with Gasteiger partial charge in [-0.15, -0.1) is 0 Å². The van der Waals surface area contributed by atoms with Crippen molar-refractivity contribution in [3.8, 4) is 28.6 Å². The maximum Gasteiger partial charge on any atom is 0.412 e. The molecule has 0 unspecified atom stereocenters. The highest BCUT2D eigenvalue weighted by molar-refractivity contribution is 6.15. The minimum absolute atomic E-state index is 0.0156. The molecule has 67 heavy (non-hydrogen) atoms. The number of carbonyl (C=O) groups excluding carboxylic acids is 6. The average Bonchev–Trinajstić information content (AvgIpc) is 4.03. The Morgan fingerprint density at radius 3 is 2.51 bits per heavy atom. The summed E-state index contributed by atoms with van der Waals surface area (Å²) in [6.45, 7) is 1.64. The van der Waals surface area contributed by atoms with Gasteiger partial charge in [0, 0.05) is 54.2 Å². The number of ether oxygens (including phenoxy) is 5. The molecule has 0 radical (unpaired) electrons. The van der Waals surface area contributed by atoms with Crippen LogP contribution >= 0.6 is 0 Å². The van der Waals surface area contributed by atoms with Crippen LogP contribution in [0.15, 0.2) is 47.3 Å². The van der Waals surface area contributed by atoms with Gasteiger partial charge in [0.15, 0.2) is 17.1 Å². The quantitative estimate of drug-likeness (QED) is 0.0393. The van der Waals surface area contributed by atoms with E-state index in [1.54, 1.807) is 19.1 Å². The summed E-state index contributed by atoms with van der Waals surface area (Å²) in [6.07, 6.45) is 1.20. The summed E-state index contributed by atoms with van der Waals surface area (Å²) in [4.78, 5) is 96.2. The van der Waals surface area contributed by atoms with E-state index in [1.165, 1.54) is 22.8 Å². The SMILES string of the molecule is CCCCc1c2c(nc3cc4c(c(NC(=O)OCc5ccc(O[C@H](O)CO)c(NC(=O)CCNC(=O)[C@H](CN)N6C(=O)C=CC6=O)c5)c13)OCO4)-c1cc3c(c(=O)n1C2)COC(=O)[C@]3(O)CC. The molecule has 0 saturated carbocycles. The highest BCUT2D eigenvalue weighted by Gasteiger charge is 2.46. The number of rotatable bonds is 17. The number of benzene rings is 2. The van der Waals surface area contributed by atoms with Crippen molar-refractivity contribution in [1.29, 1.82) is 0 Å². The van der Waals surface area contributed by atoms with E-state index in [0.717, 1.165) is 35.5 Å². The van der Waals surface area contributed by atoms with Crippen molar-refractivity contribution in [2.24, 2.45) is 5.73 Å². The van der Waals surface area contributed by atoms with Crippen molar-refractivity contribution in [2.45, 2.75) is 83.6 Å². The Morgan fingerprint density at radius 2 is 1.79 bits per heavy atom. The predicted octanol–water partition coefficient (Wildman–Crippen LogP) is 1.29. The number of aliphatic hydroxyl groups excluding tert-OH is 2. The van der Waals surface area contributed by atoms with E-state index in [-0.39, 0.29) is 92.2 Å². The summed E-state index contributed by atoms with van der Waals surface area (Å²) in [5.74, 6) is -3.14. The second-order valence-electron chi connectivity index (χ2n) is 16.0. The summed E-state index contributed by atoms with van der Waals surface area (Å²) in [7, 11) is 0. The van der Waals surface area contributed by atoms with Crippen LogP contribution in [0, 0.1) is 0 Å². The van der Waals surface area contributed by atoms with E-state index < -0.39 is 65.8 Å². The van der Waals surface area contributed by atoms with E-state index in [9.17, 15) is 48.9 Å². The molecule has 0 bridgehead atoms. The first-order valence-electron chi connectivity index (χ1n) is 21.5. The van der Waals surface area contributed by atoms with Gasteiger partial charge in [-0.1, -0.05) is 26.3 Å². The molecule has 22 heteroatoms. The van der Waals surface area contributed by atoms with E-state index >= 15 is 0 Å². The van der Waals surface area contributed by atoms with Crippen molar-refractivity contribution >= 4 is 58.0 Å². The second-order valence-corrected chi connectivity index (χ2v) is 16.0. The van der Waals surface area contributed by atoms with Gasteiger partial charge in [0.05, 0.1) is 34.7 Å². The third-order valence-corrected chi connectivity index (χ3v) is 11.9. The lowest BCUT2D eigenvalue weighted by Gasteiger charge is -2.31. The third-order valence-electron chi connectivity index (χ3n) is 11.9. The summed E-state index contributed by atoms with van der Waals surface area (Å²) >= 11 is 0. The monoisotopic (exact) mass is 925 g/mol. The fourth-order valence-electron chi connectivity index (χ4n) is 8.46. The molecule has 0 fully saturated rings. The molecule has 8 rings (SSSR count). The number of amides is 5. The zero-order valence-electron chi connectivity index (χ0n) is 36.3. The number of aliphatic hydroxyl groups is 3. The van der Waals surface area contributed by atoms with Crippen LogP contribution in [-0.2, 0) is 65.2 Å². The van der Waals surface area contributed by atoms with Crippen LogP contribution in [0.4, 0.5) is 16.2 Å². The second kappa shape index (κ2) is 18.8. The number of hydrogen-bond donors (Lipinski definition) is 7. The van der Waals surface area contributed by atoms with Crippen molar-refractivity contribution in [1.82, 2.24) is 19.8 Å². The van der Waals surface area contributed by atoms with Gasteiger partial charge in [0.2, 0.25) is 24.9 Å². The fourth-order valence-corrected chi connectivity index (χ4v) is 8.46. The van der Waals surface area contributed by atoms with E-state index in [1.807, 2.05) is 6.92 Å². The molecule has 352 valence electrons. The molecule has 3 atom stereocenters. The first-order valence-corrected chi connectivity index (χ1v) is 21.5. The minimum atomic E-state index is -2.01. The van der Waals surface area contributed by atoms with Crippen molar-refractivity contribution < 1.29 is 67.8 Å². The Kier molecular flexibility index (Phi) is 13.0. The summed E-state index contributed by atoms with van der Waals surface area (Å²) in [5, 5.41) is 39.3. The van der Waals surface area contributed by atoms with Crippen LogP contribution in [0.1, 0.15) is 67.3 Å². The third kappa shape index (κ3) is 8.62. The lowest BCUT2D eigenvalue weighted by atomic mass is 9.86. The number of nitrogens with two attached hydrogens (primary N) is 1. The molecule has 5 amide bonds. The minimum Gasteiger partial charge on any atom is -0.460 e. The van der Waals surface area contributed by atoms with Crippen LogP contribution in [0.25, 0.3) is 22.3 Å². The Hall–Kier alpha value is -7.40. The largest absolute Gasteiger partial charge is 0.460 e. The molecule has 4 aliphatic rings. The Balaban J connectivity index is 1.03. The first-order chi connectivity index (χ1) is 32.2. The Bertz CT molecular complexity index is 2810.